The minimum absolute atomic E-state index is 0.134. The summed E-state index contributed by atoms with van der Waals surface area (Å²) in [5.41, 5.74) is 0.840. The fourth-order valence-electron chi connectivity index (χ4n) is 2.39. The molecule has 0 aliphatic carbocycles. The molecule has 1 saturated heterocycles. The second-order valence-corrected chi connectivity index (χ2v) is 5.95. The predicted molar refractivity (Wildman–Crippen MR) is 91.1 cm³/mol. The van der Waals surface area contributed by atoms with Crippen LogP contribution in [0.3, 0.4) is 0 Å². The summed E-state index contributed by atoms with van der Waals surface area (Å²) in [4.78, 5) is 29.2. The Bertz CT molecular complexity index is 749. The van der Waals surface area contributed by atoms with Crippen molar-refractivity contribution in [3.63, 3.8) is 0 Å². The fourth-order valence-corrected chi connectivity index (χ4v) is 2.72. The fraction of sp³-hybridized carbons (Fsp3) is 0.235. The molecule has 3 rings (SSSR count). The number of benzene rings is 1. The number of hydrogen-bond donors (Lipinski definition) is 0. The van der Waals surface area contributed by atoms with Crippen molar-refractivity contribution in [2.24, 2.45) is 0 Å². The molecule has 24 heavy (non-hydrogen) atoms. The Labute approximate surface area is 147 Å². The van der Waals surface area contributed by atoms with Gasteiger partial charge in [-0.3, -0.25) is 4.79 Å². The van der Waals surface area contributed by atoms with Crippen LogP contribution in [0.2, 0.25) is 0 Å². The molecule has 1 amide bonds. The van der Waals surface area contributed by atoms with Gasteiger partial charge in [-0.05, 0) is 58.7 Å². The number of nitrogens with zero attached hydrogens (tertiary/aromatic N) is 2. The van der Waals surface area contributed by atoms with E-state index in [-0.39, 0.29) is 12.5 Å². The van der Waals surface area contributed by atoms with Crippen molar-refractivity contribution in [2.45, 2.75) is 12.8 Å². The SMILES string of the molecule is O=C(COc1ccc(N2CCCC2=O)cc1)Oc1cccnc1Br. The number of halogens is 1. The van der Waals surface area contributed by atoms with E-state index in [9.17, 15) is 9.59 Å². The Morgan fingerprint density at radius 2 is 2.04 bits per heavy atom. The van der Waals surface area contributed by atoms with Crippen molar-refractivity contribution in [1.82, 2.24) is 4.98 Å². The number of hydrogen-bond acceptors (Lipinski definition) is 5. The Kier molecular flexibility index (Phi) is 5.10. The Balaban J connectivity index is 1.54. The van der Waals surface area contributed by atoms with Crippen LogP contribution in [-0.4, -0.2) is 30.0 Å². The summed E-state index contributed by atoms with van der Waals surface area (Å²) >= 11 is 3.20. The van der Waals surface area contributed by atoms with Crippen LogP contribution in [0.4, 0.5) is 5.69 Å². The number of esters is 1. The number of ether oxygens (including phenoxy) is 2. The lowest BCUT2D eigenvalue weighted by Crippen LogP contribution is -2.23. The maximum atomic E-state index is 11.8. The quantitative estimate of drug-likeness (QED) is 0.579. The van der Waals surface area contributed by atoms with E-state index in [1.165, 1.54) is 0 Å². The Morgan fingerprint density at radius 3 is 2.71 bits per heavy atom. The zero-order chi connectivity index (χ0) is 16.9. The minimum atomic E-state index is -0.525. The smallest absolute Gasteiger partial charge is 0.349 e. The first kappa shape index (κ1) is 16.4. The first-order valence-corrected chi connectivity index (χ1v) is 8.27. The molecule has 0 bridgehead atoms. The van der Waals surface area contributed by atoms with Gasteiger partial charge in [0.1, 0.15) is 10.4 Å². The number of aromatic nitrogens is 1. The van der Waals surface area contributed by atoms with E-state index in [1.54, 1.807) is 35.4 Å². The van der Waals surface area contributed by atoms with Gasteiger partial charge in [0, 0.05) is 24.8 Å². The van der Waals surface area contributed by atoms with E-state index in [0.717, 1.165) is 18.7 Å². The molecular formula is C17H15BrN2O4. The number of anilines is 1. The average molecular weight is 391 g/mol. The lowest BCUT2D eigenvalue weighted by atomic mass is 10.3. The topological polar surface area (TPSA) is 68.7 Å². The van der Waals surface area contributed by atoms with E-state index >= 15 is 0 Å². The zero-order valence-electron chi connectivity index (χ0n) is 12.8. The summed E-state index contributed by atoms with van der Waals surface area (Å²) in [6.07, 6.45) is 3.06. The van der Waals surface area contributed by atoms with E-state index in [4.69, 9.17) is 9.47 Å². The lowest BCUT2D eigenvalue weighted by molar-refractivity contribution is -0.136. The van der Waals surface area contributed by atoms with Crippen molar-refractivity contribution in [1.29, 1.82) is 0 Å². The molecule has 0 unspecified atom stereocenters. The molecule has 0 saturated carbocycles. The van der Waals surface area contributed by atoms with Crippen molar-refractivity contribution < 1.29 is 19.1 Å². The normalized spacial score (nSPS) is 13.9. The van der Waals surface area contributed by atoms with Crippen LogP contribution in [0.5, 0.6) is 11.5 Å². The van der Waals surface area contributed by atoms with E-state index in [1.807, 2.05) is 12.1 Å². The van der Waals surface area contributed by atoms with Gasteiger partial charge in [0.25, 0.3) is 0 Å². The lowest BCUT2D eigenvalue weighted by Gasteiger charge is -2.16. The van der Waals surface area contributed by atoms with Crippen molar-refractivity contribution in [2.75, 3.05) is 18.1 Å². The molecular weight excluding hydrogens is 376 g/mol. The standard InChI is InChI=1S/C17H15BrN2O4/c18-17-14(3-1-9-19-17)24-16(22)11-23-13-7-5-12(6-8-13)20-10-2-4-15(20)21/h1,3,5-9H,2,4,10-11H2. The first-order chi connectivity index (χ1) is 11.6. The molecule has 6 nitrogen and oxygen atoms in total. The summed E-state index contributed by atoms with van der Waals surface area (Å²) in [7, 11) is 0. The highest BCUT2D eigenvalue weighted by atomic mass is 79.9. The number of amides is 1. The number of carbonyl (C=O) groups is 2. The van der Waals surface area contributed by atoms with Crippen LogP contribution in [0.15, 0.2) is 47.2 Å². The Morgan fingerprint density at radius 1 is 1.25 bits per heavy atom. The molecule has 0 atom stereocenters. The second kappa shape index (κ2) is 7.44. The van der Waals surface area contributed by atoms with E-state index < -0.39 is 5.97 Å². The summed E-state index contributed by atoms with van der Waals surface area (Å²) in [6.45, 7) is 0.522. The van der Waals surface area contributed by atoms with Gasteiger partial charge in [0.2, 0.25) is 5.91 Å². The second-order valence-electron chi connectivity index (χ2n) is 5.20. The largest absolute Gasteiger partial charge is 0.482 e. The molecule has 2 aromatic rings. The van der Waals surface area contributed by atoms with E-state index in [0.29, 0.717) is 22.5 Å². The Hall–Kier alpha value is -2.41. The highest BCUT2D eigenvalue weighted by molar-refractivity contribution is 9.10. The van der Waals surface area contributed by atoms with Crippen LogP contribution >= 0.6 is 15.9 Å². The van der Waals surface area contributed by atoms with Crippen molar-refractivity contribution >= 4 is 33.5 Å². The predicted octanol–water partition coefficient (Wildman–Crippen LogP) is 2.96. The van der Waals surface area contributed by atoms with Gasteiger partial charge in [-0.15, -0.1) is 0 Å². The molecule has 0 N–H and O–H groups in total. The van der Waals surface area contributed by atoms with Crippen LogP contribution in [-0.2, 0) is 9.59 Å². The van der Waals surface area contributed by atoms with Crippen LogP contribution < -0.4 is 14.4 Å². The van der Waals surface area contributed by atoms with Crippen molar-refractivity contribution in [3.05, 3.63) is 47.2 Å². The van der Waals surface area contributed by atoms with Gasteiger partial charge in [0.15, 0.2) is 12.4 Å². The molecule has 1 aromatic heterocycles. The summed E-state index contributed by atoms with van der Waals surface area (Å²) < 4.78 is 11.0. The van der Waals surface area contributed by atoms with Gasteiger partial charge < -0.3 is 14.4 Å². The first-order valence-electron chi connectivity index (χ1n) is 7.48. The van der Waals surface area contributed by atoms with Crippen LogP contribution in [0, 0.1) is 0 Å². The zero-order valence-corrected chi connectivity index (χ0v) is 14.4. The summed E-state index contributed by atoms with van der Waals surface area (Å²) in [6, 6.07) is 10.4. The van der Waals surface area contributed by atoms with Gasteiger partial charge in [0.05, 0.1) is 0 Å². The molecule has 1 aliphatic heterocycles. The molecule has 1 fully saturated rings. The third kappa shape index (κ3) is 3.91. The highest BCUT2D eigenvalue weighted by Crippen LogP contribution is 2.24. The third-order valence-electron chi connectivity index (χ3n) is 3.53. The maximum Gasteiger partial charge on any atom is 0.349 e. The van der Waals surface area contributed by atoms with Crippen LogP contribution in [0.25, 0.3) is 0 Å². The molecule has 7 heteroatoms. The van der Waals surface area contributed by atoms with Gasteiger partial charge in [-0.1, -0.05) is 0 Å². The molecule has 2 heterocycles. The molecule has 1 aromatic carbocycles. The number of carbonyl (C=O) groups excluding carboxylic acids is 2. The van der Waals surface area contributed by atoms with Gasteiger partial charge >= 0.3 is 5.97 Å². The number of pyridine rings is 1. The molecule has 1 aliphatic rings. The molecule has 124 valence electrons. The van der Waals surface area contributed by atoms with E-state index in [2.05, 4.69) is 20.9 Å². The average Bonchev–Trinajstić information content (AvgIpc) is 3.02. The van der Waals surface area contributed by atoms with Crippen molar-refractivity contribution in [3.8, 4) is 11.5 Å². The third-order valence-corrected chi connectivity index (χ3v) is 4.12. The monoisotopic (exact) mass is 390 g/mol. The minimum Gasteiger partial charge on any atom is -0.482 e. The molecule has 0 radical (unpaired) electrons. The number of rotatable bonds is 5. The summed E-state index contributed by atoms with van der Waals surface area (Å²) in [5.74, 6) is 0.485. The highest BCUT2D eigenvalue weighted by Gasteiger charge is 2.21. The molecule has 0 spiro atoms. The van der Waals surface area contributed by atoms with Crippen LogP contribution in [0.1, 0.15) is 12.8 Å². The summed E-state index contributed by atoms with van der Waals surface area (Å²) in [5, 5.41) is 0. The van der Waals surface area contributed by atoms with Gasteiger partial charge in [-0.25, -0.2) is 9.78 Å². The van der Waals surface area contributed by atoms with Gasteiger partial charge in [-0.2, -0.15) is 0 Å². The maximum absolute atomic E-state index is 11.8.